The summed E-state index contributed by atoms with van der Waals surface area (Å²) in [5.74, 6) is 0.306. The molecule has 104 valence electrons. The van der Waals surface area contributed by atoms with Crippen molar-refractivity contribution in [2.75, 3.05) is 59.5 Å². The van der Waals surface area contributed by atoms with E-state index in [0.29, 0.717) is 18.4 Å². The average molecular weight is 255 g/mol. The minimum Gasteiger partial charge on any atom is -0.379 e. The second kappa shape index (κ2) is 6.50. The molecule has 0 spiro atoms. The number of likely N-dealkylation sites (tertiary alicyclic amines) is 1. The molecule has 0 saturated carbocycles. The fraction of sp³-hybridized carbons (Fsp3) is 0.923. The van der Waals surface area contributed by atoms with Gasteiger partial charge in [0.05, 0.1) is 13.2 Å². The van der Waals surface area contributed by atoms with Crippen LogP contribution in [0.5, 0.6) is 0 Å². The van der Waals surface area contributed by atoms with E-state index < -0.39 is 0 Å². The van der Waals surface area contributed by atoms with Crippen LogP contribution in [0.15, 0.2) is 0 Å². The van der Waals surface area contributed by atoms with Gasteiger partial charge in [-0.1, -0.05) is 0 Å². The predicted octanol–water partition coefficient (Wildman–Crippen LogP) is -0.129. The second-order valence-electron chi connectivity index (χ2n) is 5.22. The van der Waals surface area contributed by atoms with Crippen molar-refractivity contribution < 1.29 is 9.53 Å². The molecular weight excluding hydrogens is 230 g/mol. The van der Waals surface area contributed by atoms with Crippen LogP contribution in [0.3, 0.4) is 0 Å². The van der Waals surface area contributed by atoms with Gasteiger partial charge in [0.2, 0.25) is 5.91 Å². The van der Waals surface area contributed by atoms with Crippen molar-refractivity contribution in [3.8, 4) is 0 Å². The molecule has 0 bridgehead atoms. The molecule has 2 fully saturated rings. The topological polar surface area (TPSA) is 36.0 Å². The third kappa shape index (κ3) is 3.43. The molecule has 1 amide bonds. The van der Waals surface area contributed by atoms with E-state index in [1.165, 1.54) is 0 Å². The highest BCUT2D eigenvalue weighted by atomic mass is 16.5. The van der Waals surface area contributed by atoms with E-state index in [4.69, 9.17) is 4.74 Å². The fourth-order valence-electron chi connectivity index (χ4n) is 2.66. The fourth-order valence-corrected chi connectivity index (χ4v) is 2.66. The van der Waals surface area contributed by atoms with Gasteiger partial charge < -0.3 is 9.64 Å². The van der Waals surface area contributed by atoms with Crippen LogP contribution in [0.4, 0.5) is 0 Å². The summed E-state index contributed by atoms with van der Waals surface area (Å²) in [6.07, 6.45) is 0.688. The van der Waals surface area contributed by atoms with Crippen molar-refractivity contribution in [2.24, 2.45) is 0 Å². The molecule has 1 atom stereocenters. The largest absolute Gasteiger partial charge is 0.379 e. The van der Waals surface area contributed by atoms with Crippen molar-refractivity contribution >= 4 is 5.91 Å². The summed E-state index contributed by atoms with van der Waals surface area (Å²) in [5, 5.41) is 0. The Kier molecular flexibility index (Phi) is 4.97. The molecular formula is C13H25N3O2. The first-order chi connectivity index (χ1) is 8.70. The van der Waals surface area contributed by atoms with Gasteiger partial charge in [-0.15, -0.1) is 0 Å². The number of hydrogen-bond donors (Lipinski definition) is 0. The van der Waals surface area contributed by atoms with E-state index >= 15 is 0 Å². The van der Waals surface area contributed by atoms with Gasteiger partial charge in [0, 0.05) is 51.7 Å². The van der Waals surface area contributed by atoms with Crippen molar-refractivity contribution in [3.05, 3.63) is 0 Å². The zero-order valence-corrected chi connectivity index (χ0v) is 11.6. The summed E-state index contributed by atoms with van der Waals surface area (Å²) >= 11 is 0. The van der Waals surface area contributed by atoms with Gasteiger partial charge in [0.15, 0.2) is 0 Å². The molecule has 2 aliphatic rings. The summed E-state index contributed by atoms with van der Waals surface area (Å²) in [6, 6.07) is 0.401. The lowest BCUT2D eigenvalue weighted by Crippen LogP contribution is -2.43. The molecule has 2 heterocycles. The smallest absolute Gasteiger partial charge is 0.224 e. The SMILES string of the molecule is CCN1CC(N(C)CCN2CCOCC2)CC1=O. The van der Waals surface area contributed by atoms with E-state index in [-0.39, 0.29) is 0 Å². The highest BCUT2D eigenvalue weighted by molar-refractivity contribution is 5.79. The number of ether oxygens (including phenoxy) is 1. The minimum atomic E-state index is 0.306. The molecule has 0 aromatic rings. The van der Waals surface area contributed by atoms with Crippen LogP contribution in [-0.2, 0) is 9.53 Å². The Balaban J connectivity index is 1.71. The molecule has 5 heteroatoms. The zero-order chi connectivity index (χ0) is 13.0. The molecule has 2 rings (SSSR count). The lowest BCUT2D eigenvalue weighted by molar-refractivity contribution is -0.127. The van der Waals surface area contributed by atoms with Crippen molar-refractivity contribution in [3.63, 3.8) is 0 Å². The Morgan fingerprint density at radius 3 is 2.72 bits per heavy atom. The molecule has 0 aliphatic carbocycles. The van der Waals surface area contributed by atoms with Crippen LogP contribution in [-0.4, -0.2) is 86.2 Å². The molecule has 18 heavy (non-hydrogen) atoms. The van der Waals surface area contributed by atoms with E-state index in [1.54, 1.807) is 0 Å². The van der Waals surface area contributed by atoms with E-state index in [1.807, 2.05) is 11.8 Å². The Labute approximate surface area is 110 Å². The standard InChI is InChI=1S/C13H25N3O2/c1-3-16-11-12(10-13(16)17)14(2)4-5-15-6-8-18-9-7-15/h12H,3-11H2,1-2H3. The average Bonchev–Trinajstić information content (AvgIpc) is 2.78. The molecule has 2 saturated heterocycles. The maximum atomic E-state index is 11.7. The zero-order valence-electron chi connectivity index (χ0n) is 11.6. The molecule has 1 unspecified atom stereocenters. The highest BCUT2D eigenvalue weighted by Gasteiger charge is 2.30. The summed E-state index contributed by atoms with van der Waals surface area (Å²) in [5.41, 5.74) is 0. The van der Waals surface area contributed by atoms with Crippen molar-refractivity contribution in [1.82, 2.24) is 14.7 Å². The first-order valence-electron chi connectivity index (χ1n) is 6.99. The number of hydrogen-bond acceptors (Lipinski definition) is 4. The van der Waals surface area contributed by atoms with Gasteiger partial charge in [0.25, 0.3) is 0 Å². The third-order valence-corrected chi connectivity index (χ3v) is 4.07. The Morgan fingerprint density at radius 2 is 2.11 bits per heavy atom. The second-order valence-corrected chi connectivity index (χ2v) is 5.22. The van der Waals surface area contributed by atoms with Crippen LogP contribution in [0.1, 0.15) is 13.3 Å². The predicted molar refractivity (Wildman–Crippen MR) is 70.5 cm³/mol. The van der Waals surface area contributed by atoms with Crippen LogP contribution in [0.25, 0.3) is 0 Å². The number of morpholine rings is 1. The van der Waals surface area contributed by atoms with Crippen LogP contribution in [0.2, 0.25) is 0 Å². The van der Waals surface area contributed by atoms with Gasteiger partial charge in [-0.3, -0.25) is 14.6 Å². The lowest BCUT2D eigenvalue weighted by atomic mass is 10.2. The maximum Gasteiger partial charge on any atom is 0.224 e. The highest BCUT2D eigenvalue weighted by Crippen LogP contribution is 2.15. The summed E-state index contributed by atoms with van der Waals surface area (Å²) < 4.78 is 5.34. The quantitative estimate of drug-likeness (QED) is 0.686. The van der Waals surface area contributed by atoms with Crippen molar-refractivity contribution in [2.45, 2.75) is 19.4 Å². The van der Waals surface area contributed by atoms with E-state index in [2.05, 4.69) is 16.8 Å². The number of nitrogens with zero attached hydrogens (tertiary/aromatic N) is 3. The van der Waals surface area contributed by atoms with E-state index in [9.17, 15) is 4.79 Å². The first-order valence-corrected chi connectivity index (χ1v) is 6.99. The monoisotopic (exact) mass is 255 g/mol. The molecule has 5 nitrogen and oxygen atoms in total. The Bertz CT molecular complexity index is 279. The number of carbonyl (C=O) groups excluding carboxylic acids is 1. The first kappa shape index (κ1) is 13.8. The van der Waals surface area contributed by atoms with Gasteiger partial charge in [-0.05, 0) is 14.0 Å². The van der Waals surface area contributed by atoms with Gasteiger partial charge in [-0.25, -0.2) is 0 Å². The van der Waals surface area contributed by atoms with Crippen LogP contribution in [0, 0.1) is 0 Å². The minimum absolute atomic E-state index is 0.306. The van der Waals surface area contributed by atoms with Crippen molar-refractivity contribution in [1.29, 1.82) is 0 Å². The molecule has 0 aromatic carbocycles. The van der Waals surface area contributed by atoms with Crippen LogP contribution < -0.4 is 0 Å². The van der Waals surface area contributed by atoms with E-state index in [0.717, 1.165) is 52.5 Å². The van der Waals surface area contributed by atoms with Gasteiger partial charge in [-0.2, -0.15) is 0 Å². The lowest BCUT2D eigenvalue weighted by Gasteiger charge is -2.30. The number of carbonyl (C=O) groups is 1. The summed E-state index contributed by atoms with van der Waals surface area (Å²) in [6.45, 7) is 9.70. The third-order valence-electron chi connectivity index (χ3n) is 4.07. The number of amides is 1. The van der Waals surface area contributed by atoms with Crippen LogP contribution >= 0.6 is 0 Å². The van der Waals surface area contributed by atoms with Gasteiger partial charge >= 0.3 is 0 Å². The Hall–Kier alpha value is -0.650. The normalized spacial score (nSPS) is 26.3. The summed E-state index contributed by atoms with van der Waals surface area (Å²) in [7, 11) is 2.14. The maximum absolute atomic E-state index is 11.7. The molecule has 0 N–H and O–H groups in total. The molecule has 0 radical (unpaired) electrons. The molecule has 2 aliphatic heterocycles. The Morgan fingerprint density at radius 1 is 1.39 bits per heavy atom. The number of likely N-dealkylation sites (N-methyl/N-ethyl adjacent to an activating group) is 2. The van der Waals surface area contributed by atoms with Gasteiger partial charge in [0.1, 0.15) is 0 Å². The summed E-state index contributed by atoms with van der Waals surface area (Å²) in [4.78, 5) is 18.4. The molecule has 0 aromatic heterocycles. The number of rotatable bonds is 5.